The van der Waals surface area contributed by atoms with Gasteiger partial charge in [0.2, 0.25) is 0 Å². The molecule has 1 atom stereocenters. The first-order valence-electron chi connectivity index (χ1n) is 9.33. The van der Waals surface area contributed by atoms with Crippen LogP contribution in [-0.2, 0) is 12.5 Å². The molecule has 0 bridgehead atoms. The van der Waals surface area contributed by atoms with E-state index < -0.39 is 6.04 Å². The molecule has 1 aromatic heterocycles. The van der Waals surface area contributed by atoms with Crippen molar-refractivity contribution in [2.75, 3.05) is 7.11 Å². The number of nitrogens with zero attached hydrogens (tertiary/aromatic N) is 2. The monoisotopic (exact) mass is 377 g/mol. The van der Waals surface area contributed by atoms with E-state index in [9.17, 15) is 4.79 Å². The molecule has 1 amide bonds. The molecule has 0 aliphatic carbocycles. The topological polar surface area (TPSA) is 56.1 Å². The number of imidazole rings is 1. The van der Waals surface area contributed by atoms with Crippen LogP contribution < -0.4 is 10.1 Å². The maximum atomic E-state index is 13.0. The van der Waals surface area contributed by atoms with Crippen LogP contribution in [0.25, 0.3) is 0 Å². The molecule has 0 unspecified atom stereocenters. The summed E-state index contributed by atoms with van der Waals surface area (Å²) in [5.41, 5.74) is 2.71. The fraction of sp³-hybridized carbons (Fsp3) is 0.304. The van der Waals surface area contributed by atoms with Crippen LogP contribution in [0.2, 0.25) is 0 Å². The highest BCUT2D eigenvalue weighted by atomic mass is 16.5. The lowest BCUT2D eigenvalue weighted by Gasteiger charge is -2.22. The van der Waals surface area contributed by atoms with Crippen molar-refractivity contribution in [3.63, 3.8) is 0 Å². The van der Waals surface area contributed by atoms with Crippen molar-refractivity contribution < 1.29 is 9.53 Å². The third kappa shape index (κ3) is 4.09. The van der Waals surface area contributed by atoms with Gasteiger partial charge in [-0.05, 0) is 29.2 Å². The fourth-order valence-corrected chi connectivity index (χ4v) is 3.18. The highest BCUT2D eigenvalue weighted by molar-refractivity contribution is 5.94. The van der Waals surface area contributed by atoms with E-state index in [2.05, 4.69) is 31.1 Å². The van der Waals surface area contributed by atoms with E-state index in [1.165, 1.54) is 5.56 Å². The van der Waals surface area contributed by atoms with E-state index in [-0.39, 0.29) is 11.3 Å². The van der Waals surface area contributed by atoms with Gasteiger partial charge in [-0.3, -0.25) is 4.79 Å². The number of para-hydroxylation sites is 1. The molecule has 0 saturated carbocycles. The second-order valence-electron chi connectivity index (χ2n) is 7.87. The fourth-order valence-electron chi connectivity index (χ4n) is 3.18. The van der Waals surface area contributed by atoms with Crippen molar-refractivity contribution in [1.82, 2.24) is 14.9 Å². The minimum absolute atomic E-state index is 0.0436. The highest BCUT2D eigenvalue weighted by Gasteiger charge is 2.24. The molecule has 5 nitrogen and oxygen atoms in total. The van der Waals surface area contributed by atoms with E-state index in [1.54, 1.807) is 13.3 Å². The molecule has 5 heteroatoms. The standard InChI is InChI=1S/C23H27N3O2/c1-23(2,3)17-12-10-16(11-13-17)22(27)25-20(21-24-14-15-26(21)4)18-8-6-7-9-19(18)28-5/h6-15,20H,1-5H3,(H,25,27)/t20-/m0/s1. The van der Waals surface area contributed by atoms with Gasteiger partial charge in [-0.15, -0.1) is 0 Å². The second kappa shape index (κ2) is 7.89. The number of ether oxygens (including phenoxy) is 1. The van der Waals surface area contributed by atoms with E-state index in [0.717, 1.165) is 11.4 Å². The number of nitrogens with one attached hydrogen (secondary N) is 1. The zero-order valence-corrected chi connectivity index (χ0v) is 17.1. The van der Waals surface area contributed by atoms with Crippen LogP contribution in [0, 0.1) is 0 Å². The third-order valence-electron chi connectivity index (χ3n) is 4.86. The maximum Gasteiger partial charge on any atom is 0.252 e. The maximum absolute atomic E-state index is 13.0. The Hall–Kier alpha value is -3.08. The van der Waals surface area contributed by atoms with Crippen LogP contribution in [0.5, 0.6) is 5.75 Å². The third-order valence-corrected chi connectivity index (χ3v) is 4.86. The van der Waals surface area contributed by atoms with Crippen LogP contribution in [0.1, 0.15) is 54.1 Å². The number of aromatic nitrogens is 2. The predicted molar refractivity (Wildman–Crippen MR) is 111 cm³/mol. The molecule has 1 heterocycles. The average molecular weight is 377 g/mol. The number of hydrogen-bond donors (Lipinski definition) is 1. The first-order chi connectivity index (χ1) is 13.3. The van der Waals surface area contributed by atoms with E-state index >= 15 is 0 Å². The van der Waals surface area contributed by atoms with Gasteiger partial charge in [0.05, 0.1) is 7.11 Å². The van der Waals surface area contributed by atoms with Crippen molar-refractivity contribution >= 4 is 5.91 Å². The Labute approximate surface area is 166 Å². The summed E-state index contributed by atoms with van der Waals surface area (Å²) in [4.78, 5) is 17.5. The largest absolute Gasteiger partial charge is 0.496 e. The number of methoxy groups -OCH3 is 1. The Bertz CT molecular complexity index is 952. The zero-order chi connectivity index (χ0) is 20.3. The van der Waals surface area contributed by atoms with Gasteiger partial charge in [0.15, 0.2) is 0 Å². The normalized spacial score (nSPS) is 12.5. The van der Waals surface area contributed by atoms with Crippen LogP contribution in [0.3, 0.4) is 0 Å². The molecular formula is C23H27N3O2. The second-order valence-corrected chi connectivity index (χ2v) is 7.87. The van der Waals surface area contributed by atoms with Gasteiger partial charge in [-0.2, -0.15) is 0 Å². The number of aryl methyl sites for hydroxylation is 1. The summed E-state index contributed by atoms with van der Waals surface area (Å²) in [7, 11) is 3.54. The number of amides is 1. The molecule has 0 fully saturated rings. The van der Waals surface area contributed by atoms with Crippen LogP contribution >= 0.6 is 0 Å². The van der Waals surface area contributed by atoms with Crippen molar-refractivity contribution in [2.24, 2.45) is 7.05 Å². The Morgan fingerprint density at radius 3 is 2.36 bits per heavy atom. The lowest BCUT2D eigenvalue weighted by molar-refractivity contribution is 0.0940. The summed E-state index contributed by atoms with van der Waals surface area (Å²) in [5, 5.41) is 3.12. The first kappa shape index (κ1) is 19.7. The van der Waals surface area contributed by atoms with Crippen molar-refractivity contribution in [3.8, 4) is 5.75 Å². The van der Waals surface area contributed by atoms with Gasteiger partial charge in [-0.1, -0.05) is 51.1 Å². The SMILES string of the molecule is COc1ccccc1[C@H](NC(=O)c1ccc(C(C)(C)C)cc1)c1nccn1C. The Morgan fingerprint density at radius 2 is 1.79 bits per heavy atom. The molecule has 1 N–H and O–H groups in total. The minimum Gasteiger partial charge on any atom is -0.496 e. The Balaban J connectivity index is 1.94. The Kier molecular flexibility index (Phi) is 5.54. The van der Waals surface area contributed by atoms with E-state index in [1.807, 2.05) is 66.3 Å². The van der Waals surface area contributed by atoms with Crippen molar-refractivity contribution in [3.05, 3.63) is 83.4 Å². The number of carbonyl (C=O) groups excluding carboxylic acids is 1. The summed E-state index contributed by atoms with van der Waals surface area (Å²) in [6.07, 6.45) is 3.59. The van der Waals surface area contributed by atoms with Gasteiger partial charge in [0.25, 0.3) is 5.91 Å². The average Bonchev–Trinajstić information content (AvgIpc) is 3.11. The number of carbonyl (C=O) groups is 1. The van der Waals surface area contributed by atoms with Gasteiger partial charge < -0.3 is 14.6 Å². The molecule has 28 heavy (non-hydrogen) atoms. The lowest BCUT2D eigenvalue weighted by atomic mass is 9.86. The highest BCUT2D eigenvalue weighted by Crippen LogP contribution is 2.29. The number of rotatable bonds is 5. The van der Waals surface area contributed by atoms with Crippen LogP contribution in [-0.4, -0.2) is 22.6 Å². The predicted octanol–water partition coefficient (Wildman–Crippen LogP) is 4.25. The van der Waals surface area contributed by atoms with Crippen molar-refractivity contribution in [2.45, 2.75) is 32.2 Å². The molecule has 3 aromatic rings. The van der Waals surface area contributed by atoms with Gasteiger partial charge >= 0.3 is 0 Å². The first-order valence-corrected chi connectivity index (χ1v) is 9.33. The smallest absolute Gasteiger partial charge is 0.252 e. The van der Waals surface area contributed by atoms with E-state index in [0.29, 0.717) is 11.3 Å². The molecule has 0 radical (unpaired) electrons. The molecule has 0 saturated heterocycles. The van der Waals surface area contributed by atoms with Gasteiger partial charge in [0, 0.05) is 30.6 Å². The summed E-state index contributed by atoms with van der Waals surface area (Å²) in [6, 6.07) is 15.0. The number of hydrogen-bond acceptors (Lipinski definition) is 3. The molecule has 3 rings (SSSR count). The number of benzene rings is 2. The van der Waals surface area contributed by atoms with Crippen LogP contribution in [0.4, 0.5) is 0 Å². The molecule has 0 aliphatic rings. The molecule has 2 aromatic carbocycles. The molecule has 0 aliphatic heterocycles. The molecule has 146 valence electrons. The van der Waals surface area contributed by atoms with Crippen LogP contribution in [0.15, 0.2) is 60.9 Å². The zero-order valence-electron chi connectivity index (χ0n) is 17.1. The minimum atomic E-state index is -0.425. The quantitative estimate of drug-likeness (QED) is 0.723. The van der Waals surface area contributed by atoms with Gasteiger partial charge in [-0.25, -0.2) is 4.98 Å². The van der Waals surface area contributed by atoms with E-state index in [4.69, 9.17) is 4.74 Å². The van der Waals surface area contributed by atoms with Gasteiger partial charge in [0.1, 0.15) is 17.6 Å². The lowest BCUT2D eigenvalue weighted by Crippen LogP contribution is -2.31. The summed E-state index contributed by atoms with van der Waals surface area (Å²) in [6.45, 7) is 6.46. The molecular weight excluding hydrogens is 350 g/mol. The summed E-state index contributed by atoms with van der Waals surface area (Å²) >= 11 is 0. The molecule has 0 spiro atoms. The summed E-state index contributed by atoms with van der Waals surface area (Å²) < 4.78 is 7.42. The Morgan fingerprint density at radius 1 is 1.11 bits per heavy atom. The van der Waals surface area contributed by atoms with Crippen molar-refractivity contribution in [1.29, 1.82) is 0 Å². The summed E-state index contributed by atoms with van der Waals surface area (Å²) in [5.74, 6) is 1.29.